The van der Waals surface area contributed by atoms with Gasteiger partial charge in [-0.3, -0.25) is 4.79 Å². The van der Waals surface area contributed by atoms with Gasteiger partial charge in [0.2, 0.25) is 5.91 Å². The number of benzene rings is 1. The van der Waals surface area contributed by atoms with E-state index in [0.717, 1.165) is 29.6 Å². The lowest BCUT2D eigenvalue weighted by Gasteiger charge is -2.22. The second-order valence-corrected chi connectivity index (χ2v) is 7.31. The van der Waals surface area contributed by atoms with Crippen LogP contribution in [0.1, 0.15) is 63.7 Å². The van der Waals surface area contributed by atoms with Crippen molar-refractivity contribution in [3.63, 3.8) is 0 Å². The molecule has 0 radical (unpaired) electrons. The summed E-state index contributed by atoms with van der Waals surface area (Å²) in [6.07, 6.45) is 6.75. The fourth-order valence-corrected chi connectivity index (χ4v) is 3.53. The van der Waals surface area contributed by atoms with Gasteiger partial charge in [-0.1, -0.05) is 37.5 Å². The maximum atomic E-state index is 12.1. The van der Waals surface area contributed by atoms with E-state index < -0.39 is 0 Å². The van der Waals surface area contributed by atoms with Crippen LogP contribution in [0.4, 0.5) is 4.79 Å². The number of carbonyl (C=O) groups excluding carboxylic acids is 2. The molecule has 1 saturated carbocycles. The zero-order chi connectivity index (χ0) is 19.1. The predicted molar refractivity (Wildman–Crippen MR) is 105 cm³/mol. The lowest BCUT2D eigenvalue weighted by molar-refractivity contribution is -0.121. The minimum absolute atomic E-state index is 0.0440. The standard InChI is InChI=1S/C21H29N3O3/c1-15(19-14-16-8-5-6-11-18(16)27-19)23-20(25)12-7-13-22-21(26)24-17-9-3-2-4-10-17/h5-6,8,11,14-15,17H,2-4,7,9-10,12-13H2,1H3,(H,23,25)(H2,22,24,26). The van der Waals surface area contributed by atoms with Gasteiger partial charge < -0.3 is 20.4 Å². The Morgan fingerprint density at radius 2 is 1.96 bits per heavy atom. The summed E-state index contributed by atoms with van der Waals surface area (Å²) < 4.78 is 5.78. The number of furan rings is 1. The molecule has 146 valence electrons. The average Bonchev–Trinajstić information content (AvgIpc) is 3.10. The molecular weight excluding hydrogens is 342 g/mol. The van der Waals surface area contributed by atoms with Crippen LogP contribution in [0.25, 0.3) is 11.0 Å². The summed E-state index contributed by atoms with van der Waals surface area (Å²) in [4.78, 5) is 24.0. The van der Waals surface area contributed by atoms with Crippen LogP contribution in [0.3, 0.4) is 0 Å². The number of urea groups is 1. The van der Waals surface area contributed by atoms with Gasteiger partial charge in [-0.15, -0.1) is 0 Å². The Kier molecular flexibility index (Phi) is 6.74. The van der Waals surface area contributed by atoms with E-state index in [1.54, 1.807) is 0 Å². The normalized spacial score (nSPS) is 16.0. The van der Waals surface area contributed by atoms with Crippen molar-refractivity contribution < 1.29 is 14.0 Å². The van der Waals surface area contributed by atoms with Crippen LogP contribution in [0.5, 0.6) is 0 Å². The number of nitrogens with one attached hydrogen (secondary N) is 3. The van der Waals surface area contributed by atoms with E-state index in [-0.39, 0.29) is 18.0 Å². The van der Waals surface area contributed by atoms with E-state index in [4.69, 9.17) is 4.42 Å². The van der Waals surface area contributed by atoms with Crippen molar-refractivity contribution in [3.8, 4) is 0 Å². The van der Waals surface area contributed by atoms with Crippen LogP contribution >= 0.6 is 0 Å². The van der Waals surface area contributed by atoms with Gasteiger partial charge in [0, 0.05) is 24.4 Å². The molecule has 1 unspecified atom stereocenters. The summed E-state index contributed by atoms with van der Waals surface area (Å²) in [6.45, 7) is 2.40. The van der Waals surface area contributed by atoms with E-state index in [0.29, 0.717) is 25.4 Å². The Bertz CT molecular complexity index is 732. The monoisotopic (exact) mass is 371 g/mol. The first-order valence-corrected chi connectivity index (χ1v) is 9.94. The smallest absolute Gasteiger partial charge is 0.315 e. The van der Waals surface area contributed by atoms with Gasteiger partial charge in [0.1, 0.15) is 11.3 Å². The maximum Gasteiger partial charge on any atom is 0.315 e. The molecule has 3 rings (SSSR count). The Balaban J connectivity index is 1.33. The van der Waals surface area contributed by atoms with Crippen molar-refractivity contribution in [1.82, 2.24) is 16.0 Å². The first-order valence-electron chi connectivity index (χ1n) is 9.94. The minimum Gasteiger partial charge on any atom is -0.459 e. The van der Waals surface area contributed by atoms with Crippen molar-refractivity contribution in [1.29, 1.82) is 0 Å². The second kappa shape index (κ2) is 9.44. The number of rotatable bonds is 7. The van der Waals surface area contributed by atoms with Gasteiger partial charge >= 0.3 is 6.03 Å². The highest BCUT2D eigenvalue weighted by molar-refractivity contribution is 5.79. The number of carbonyl (C=O) groups is 2. The van der Waals surface area contributed by atoms with E-state index in [1.807, 2.05) is 37.3 Å². The molecule has 2 aromatic rings. The molecule has 6 nitrogen and oxygen atoms in total. The molecule has 1 heterocycles. The number of hydrogen-bond acceptors (Lipinski definition) is 3. The Labute approximate surface area is 160 Å². The quantitative estimate of drug-likeness (QED) is 0.643. The Morgan fingerprint density at radius 1 is 1.19 bits per heavy atom. The molecule has 0 spiro atoms. The third-order valence-electron chi connectivity index (χ3n) is 5.06. The summed E-state index contributed by atoms with van der Waals surface area (Å²) in [5.41, 5.74) is 0.821. The van der Waals surface area contributed by atoms with Crippen LogP contribution in [0.15, 0.2) is 34.7 Å². The van der Waals surface area contributed by atoms with E-state index in [2.05, 4.69) is 16.0 Å². The van der Waals surface area contributed by atoms with E-state index in [9.17, 15) is 9.59 Å². The van der Waals surface area contributed by atoms with Crippen molar-refractivity contribution >= 4 is 22.9 Å². The molecule has 6 heteroatoms. The van der Waals surface area contributed by atoms with Gasteiger partial charge in [0.15, 0.2) is 0 Å². The molecule has 1 aliphatic rings. The van der Waals surface area contributed by atoms with Crippen LogP contribution in [0, 0.1) is 0 Å². The van der Waals surface area contributed by atoms with Crippen molar-refractivity contribution in [2.75, 3.05) is 6.54 Å². The fraction of sp³-hybridized carbons (Fsp3) is 0.524. The lowest BCUT2D eigenvalue weighted by Crippen LogP contribution is -2.43. The number of para-hydroxylation sites is 1. The highest BCUT2D eigenvalue weighted by Gasteiger charge is 2.16. The zero-order valence-corrected chi connectivity index (χ0v) is 15.9. The maximum absolute atomic E-state index is 12.1. The summed E-state index contributed by atoms with van der Waals surface area (Å²) in [7, 11) is 0. The molecule has 1 aliphatic carbocycles. The SMILES string of the molecule is CC(NC(=O)CCCNC(=O)NC1CCCCC1)c1cc2ccccc2o1. The molecule has 3 N–H and O–H groups in total. The summed E-state index contributed by atoms with van der Waals surface area (Å²) >= 11 is 0. The van der Waals surface area contributed by atoms with Gasteiger partial charge in [0.05, 0.1) is 6.04 Å². The van der Waals surface area contributed by atoms with Crippen LogP contribution in [-0.4, -0.2) is 24.5 Å². The fourth-order valence-electron chi connectivity index (χ4n) is 3.53. The minimum atomic E-state index is -0.188. The van der Waals surface area contributed by atoms with Gasteiger partial charge in [-0.25, -0.2) is 4.79 Å². The number of hydrogen-bond donors (Lipinski definition) is 3. The first kappa shape index (κ1) is 19.3. The first-order chi connectivity index (χ1) is 13.1. The van der Waals surface area contributed by atoms with Crippen LogP contribution in [-0.2, 0) is 4.79 Å². The second-order valence-electron chi connectivity index (χ2n) is 7.31. The molecule has 1 aromatic heterocycles. The predicted octanol–water partition coefficient (Wildman–Crippen LogP) is 4.02. The topological polar surface area (TPSA) is 83.4 Å². The Morgan fingerprint density at radius 3 is 2.74 bits per heavy atom. The van der Waals surface area contributed by atoms with Gasteiger partial charge in [0.25, 0.3) is 0 Å². The van der Waals surface area contributed by atoms with Crippen molar-refractivity contribution in [2.45, 2.75) is 64.0 Å². The summed E-state index contributed by atoms with van der Waals surface area (Å²) in [6, 6.07) is 9.73. The van der Waals surface area contributed by atoms with E-state index in [1.165, 1.54) is 19.3 Å². The Hall–Kier alpha value is -2.50. The largest absolute Gasteiger partial charge is 0.459 e. The van der Waals surface area contributed by atoms with Gasteiger partial charge in [-0.05, 0) is 38.3 Å². The molecular formula is C21H29N3O3. The molecule has 1 fully saturated rings. The van der Waals surface area contributed by atoms with Gasteiger partial charge in [-0.2, -0.15) is 0 Å². The third-order valence-corrected chi connectivity index (χ3v) is 5.06. The van der Waals surface area contributed by atoms with Crippen molar-refractivity contribution in [2.24, 2.45) is 0 Å². The molecule has 27 heavy (non-hydrogen) atoms. The number of amides is 3. The van der Waals surface area contributed by atoms with Crippen molar-refractivity contribution in [3.05, 3.63) is 36.1 Å². The third kappa shape index (κ3) is 5.74. The molecule has 0 bridgehead atoms. The average molecular weight is 371 g/mol. The summed E-state index contributed by atoms with van der Waals surface area (Å²) in [5, 5.41) is 9.83. The van der Waals surface area contributed by atoms with Crippen LogP contribution in [0.2, 0.25) is 0 Å². The molecule has 1 aromatic carbocycles. The molecule has 0 aliphatic heterocycles. The van der Waals surface area contributed by atoms with E-state index >= 15 is 0 Å². The summed E-state index contributed by atoms with van der Waals surface area (Å²) in [5.74, 6) is 0.701. The number of fused-ring (bicyclic) bond motifs is 1. The molecule has 0 saturated heterocycles. The zero-order valence-electron chi connectivity index (χ0n) is 15.9. The van der Waals surface area contributed by atoms with Crippen LogP contribution < -0.4 is 16.0 Å². The molecule has 3 amide bonds. The lowest BCUT2D eigenvalue weighted by atomic mass is 9.96. The highest BCUT2D eigenvalue weighted by atomic mass is 16.3. The molecule has 1 atom stereocenters. The highest BCUT2D eigenvalue weighted by Crippen LogP contribution is 2.23.